The summed E-state index contributed by atoms with van der Waals surface area (Å²) in [5.41, 5.74) is 1.08. The third-order valence-electron chi connectivity index (χ3n) is 2.47. The van der Waals surface area contributed by atoms with Crippen molar-refractivity contribution >= 4 is 29.3 Å². The van der Waals surface area contributed by atoms with Gasteiger partial charge in [0, 0.05) is 16.8 Å². The van der Waals surface area contributed by atoms with Gasteiger partial charge in [-0.1, -0.05) is 36.7 Å². The van der Waals surface area contributed by atoms with E-state index < -0.39 is 0 Å². The molecule has 1 amide bonds. The Balaban J connectivity index is 2.29. The minimum atomic E-state index is 0.0939. The Morgan fingerprint density at radius 2 is 2.18 bits per heavy atom. The van der Waals surface area contributed by atoms with Crippen molar-refractivity contribution in [3.8, 4) is 0 Å². The summed E-state index contributed by atoms with van der Waals surface area (Å²) in [6.45, 7) is 4.07. The Morgan fingerprint density at radius 3 is 2.82 bits per heavy atom. The molecule has 94 valence electrons. The summed E-state index contributed by atoms with van der Waals surface area (Å²) in [6.07, 6.45) is 0.959. The molecule has 17 heavy (non-hydrogen) atoms. The minimum Gasteiger partial charge on any atom is -0.353 e. The predicted octanol–water partition coefficient (Wildman–Crippen LogP) is 3.49. The van der Waals surface area contributed by atoms with Crippen molar-refractivity contribution in [1.29, 1.82) is 0 Å². The van der Waals surface area contributed by atoms with Gasteiger partial charge < -0.3 is 5.32 Å². The SMILES string of the molecule is CC[C@@H](C)NC(=O)CSCc1ccccc1Cl. The van der Waals surface area contributed by atoms with Gasteiger partial charge in [-0.15, -0.1) is 11.8 Å². The highest BCUT2D eigenvalue weighted by atomic mass is 35.5. The van der Waals surface area contributed by atoms with E-state index in [4.69, 9.17) is 11.6 Å². The van der Waals surface area contributed by atoms with Crippen molar-refractivity contribution in [2.24, 2.45) is 0 Å². The first-order chi connectivity index (χ1) is 8.13. The van der Waals surface area contributed by atoms with E-state index in [1.807, 2.05) is 31.2 Å². The van der Waals surface area contributed by atoms with Crippen LogP contribution in [0.15, 0.2) is 24.3 Å². The van der Waals surface area contributed by atoms with E-state index in [-0.39, 0.29) is 11.9 Å². The number of carbonyl (C=O) groups is 1. The molecule has 1 rings (SSSR count). The van der Waals surface area contributed by atoms with Crippen molar-refractivity contribution in [1.82, 2.24) is 5.32 Å². The fraction of sp³-hybridized carbons (Fsp3) is 0.462. The highest BCUT2D eigenvalue weighted by Crippen LogP contribution is 2.20. The Hall–Kier alpha value is -0.670. The molecule has 0 saturated carbocycles. The molecule has 0 aliphatic rings. The number of nitrogens with one attached hydrogen (secondary N) is 1. The van der Waals surface area contributed by atoms with Crippen LogP contribution in [0.2, 0.25) is 5.02 Å². The van der Waals surface area contributed by atoms with Gasteiger partial charge in [-0.3, -0.25) is 4.79 Å². The fourth-order valence-corrected chi connectivity index (χ4v) is 2.41. The summed E-state index contributed by atoms with van der Waals surface area (Å²) in [4.78, 5) is 11.5. The van der Waals surface area contributed by atoms with Gasteiger partial charge >= 0.3 is 0 Å². The second-order valence-corrected chi connectivity index (χ2v) is 5.35. The Morgan fingerprint density at radius 1 is 1.47 bits per heavy atom. The number of hydrogen-bond donors (Lipinski definition) is 1. The van der Waals surface area contributed by atoms with Crippen LogP contribution in [0.5, 0.6) is 0 Å². The van der Waals surface area contributed by atoms with Gasteiger partial charge in [-0.05, 0) is 25.0 Å². The van der Waals surface area contributed by atoms with Crippen LogP contribution in [0.3, 0.4) is 0 Å². The molecule has 2 nitrogen and oxygen atoms in total. The lowest BCUT2D eigenvalue weighted by Crippen LogP contribution is -2.33. The number of amides is 1. The van der Waals surface area contributed by atoms with Gasteiger partial charge in [0.15, 0.2) is 0 Å². The average Bonchev–Trinajstić information content (AvgIpc) is 2.31. The van der Waals surface area contributed by atoms with Crippen LogP contribution in [-0.2, 0) is 10.5 Å². The van der Waals surface area contributed by atoms with Crippen molar-refractivity contribution < 1.29 is 4.79 Å². The summed E-state index contributed by atoms with van der Waals surface area (Å²) < 4.78 is 0. The van der Waals surface area contributed by atoms with E-state index in [1.165, 1.54) is 0 Å². The van der Waals surface area contributed by atoms with Crippen LogP contribution in [0.25, 0.3) is 0 Å². The zero-order valence-corrected chi connectivity index (χ0v) is 11.8. The van der Waals surface area contributed by atoms with Crippen LogP contribution in [-0.4, -0.2) is 17.7 Å². The fourth-order valence-electron chi connectivity index (χ4n) is 1.29. The summed E-state index contributed by atoms with van der Waals surface area (Å²) in [6, 6.07) is 7.98. The number of halogens is 1. The highest BCUT2D eigenvalue weighted by Gasteiger charge is 2.06. The lowest BCUT2D eigenvalue weighted by atomic mass is 10.2. The number of benzene rings is 1. The first-order valence-corrected chi connectivity index (χ1v) is 7.27. The van der Waals surface area contributed by atoms with E-state index in [9.17, 15) is 4.79 Å². The molecular formula is C13H18ClNOS. The first kappa shape index (κ1) is 14.4. The number of rotatable bonds is 6. The zero-order chi connectivity index (χ0) is 12.7. The molecule has 0 spiro atoms. The van der Waals surface area contributed by atoms with Gasteiger partial charge in [0.2, 0.25) is 5.91 Å². The molecule has 0 bridgehead atoms. The molecule has 0 aliphatic heterocycles. The molecule has 1 atom stereocenters. The predicted molar refractivity (Wildman–Crippen MR) is 75.5 cm³/mol. The van der Waals surface area contributed by atoms with E-state index in [0.717, 1.165) is 22.8 Å². The van der Waals surface area contributed by atoms with E-state index in [2.05, 4.69) is 12.2 Å². The Bertz CT molecular complexity index is 370. The molecule has 0 fully saturated rings. The van der Waals surface area contributed by atoms with Gasteiger partial charge in [0.05, 0.1) is 5.75 Å². The third kappa shape index (κ3) is 5.46. The molecule has 1 aromatic carbocycles. The first-order valence-electron chi connectivity index (χ1n) is 5.74. The van der Waals surface area contributed by atoms with Crippen LogP contribution < -0.4 is 5.32 Å². The zero-order valence-electron chi connectivity index (χ0n) is 10.2. The summed E-state index contributed by atoms with van der Waals surface area (Å²) in [7, 11) is 0. The smallest absolute Gasteiger partial charge is 0.230 e. The molecule has 0 saturated heterocycles. The average molecular weight is 272 g/mol. The van der Waals surface area contributed by atoms with Gasteiger partial charge in [-0.25, -0.2) is 0 Å². The molecule has 0 heterocycles. The second-order valence-electron chi connectivity index (χ2n) is 3.96. The maximum absolute atomic E-state index is 11.5. The molecular weight excluding hydrogens is 254 g/mol. The summed E-state index contributed by atoms with van der Waals surface area (Å²) >= 11 is 7.62. The van der Waals surface area contributed by atoms with Gasteiger partial charge in [0.25, 0.3) is 0 Å². The van der Waals surface area contributed by atoms with E-state index in [1.54, 1.807) is 11.8 Å². The minimum absolute atomic E-state index is 0.0939. The molecule has 0 radical (unpaired) electrons. The van der Waals surface area contributed by atoms with E-state index in [0.29, 0.717) is 5.75 Å². The lowest BCUT2D eigenvalue weighted by Gasteiger charge is -2.11. The molecule has 4 heteroatoms. The quantitative estimate of drug-likeness (QED) is 0.858. The van der Waals surface area contributed by atoms with Crippen LogP contribution in [0.4, 0.5) is 0 Å². The summed E-state index contributed by atoms with van der Waals surface area (Å²) in [5.74, 6) is 1.35. The molecule has 0 aliphatic carbocycles. The highest BCUT2D eigenvalue weighted by molar-refractivity contribution is 7.99. The van der Waals surface area contributed by atoms with Gasteiger partial charge in [-0.2, -0.15) is 0 Å². The van der Waals surface area contributed by atoms with Crippen LogP contribution in [0, 0.1) is 0 Å². The van der Waals surface area contributed by atoms with Crippen molar-refractivity contribution in [3.63, 3.8) is 0 Å². The summed E-state index contributed by atoms with van der Waals surface area (Å²) in [5, 5.41) is 3.70. The van der Waals surface area contributed by atoms with Crippen molar-refractivity contribution in [2.75, 3.05) is 5.75 Å². The third-order valence-corrected chi connectivity index (χ3v) is 3.82. The molecule has 0 unspecified atom stereocenters. The molecule has 1 aromatic rings. The van der Waals surface area contributed by atoms with Gasteiger partial charge in [0.1, 0.15) is 0 Å². The number of carbonyl (C=O) groups excluding carboxylic acids is 1. The van der Waals surface area contributed by atoms with Crippen LogP contribution >= 0.6 is 23.4 Å². The number of hydrogen-bond acceptors (Lipinski definition) is 2. The Kier molecular flexibility index (Phi) is 6.45. The maximum atomic E-state index is 11.5. The Labute approximate surface area is 112 Å². The largest absolute Gasteiger partial charge is 0.353 e. The lowest BCUT2D eigenvalue weighted by molar-refractivity contribution is -0.119. The maximum Gasteiger partial charge on any atom is 0.230 e. The second kappa shape index (κ2) is 7.62. The normalized spacial score (nSPS) is 12.2. The van der Waals surface area contributed by atoms with Crippen molar-refractivity contribution in [2.45, 2.75) is 32.1 Å². The molecule has 0 aromatic heterocycles. The topological polar surface area (TPSA) is 29.1 Å². The number of thioether (sulfide) groups is 1. The standard InChI is InChI=1S/C13H18ClNOS/c1-3-10(2)15-13(16)9-17-8-11-6-4-5-7-12(11)14/h4-7,10H,3,8-9H2,1-2H3,(H,15,16)/t10-/m1/s1. The van der Waals surface area contributed by atoms with Crippen LogP contribution in [0.1, 0.15) is 25.8 Å². The van der Waals surface area contributed by atoms with Crippen molar-refractivity contribution in [3.05, 3.63) is 34.9 Å². The molecule has 1 N–H and O–H groups in total. The monoisotopic (exact) mass is 271 g/mol. The van der Waals surface area contributed by atoms with E-state index >= 15 is 0 Å².